The summed E-state index contributed by atoms with van der Waals surface area (Å²) in [5.41, 5.74) is 1.03. The molecule has 1 unspecified atom stereocenters. The van der Waals surface area contributed by atoms with Gasteiger partial charge in [-0.15, -0.1) is 11.3 Å². The second-order valence-corrected chi connectivity index (χ2v) is 5.92. The Kier molecular flexibility index (Phi) is 5.14. The zero-order valence-corrected chi connectivity index (χ0v) is 12.1. The summed E-state index contributed by atoms with van der Waals surface area (Å²) in [6.45, 7) is 3.10. The van der Waals surface area contributed by atoms with E-state index in [4.69, 9.17) is 0 Å². The lowest BCUT2D eigenvalue weighted by molar-refractivity contribution is 0.153. The molecule has 2 rings (SSSR count). The van der Waals surface area contributed by atoms with E-state index in [0.29, 0.717) is 0 Å². The van der Waals surface area contributed by atoms with Gasteiger partial charge in [-0.1, -0.05) is 43.3 Å². The van der Waals surface area contributed by atoms with Crippen LogP contribution in [0.3, 0.4) is 0 Å². The summed E-state index contributed by atoms with van der Waals surface area (Å²) in [5, 5.41) is 15.4. The van der Waals surface area contributed by atoms with Crippen molar-refractivity contribution in [3.63, 3.8) is 0 Å². The van der Waals surface area contributed by atoms with Crippen molar-refractivity contribution in [3.05, 3.63) is 58.3 Å². The molecule has 0 fully saturated rings. The van der Waals surface area contributed by atoms with Gasteiger partial charge in [0.2, 0.25) is 0 Å². The Balaban J connectivity index is 2.04. The van der Waals surface area contributed by atoms with Crippen molar-refractivity contribution in [3.8, 4) is 0 Å². The molecule has 0 saturated heterocycles. The highest BCUT2D eigenvalue weighted by atomic mass is 32.1. The number of benzene rings is 1. The fourth-order valence-corrected chi connectivity index (χ4v) is 2.86. The highest BCUT2D eigenvalue weighted by Gasteiger charge is 2.27. The summed E-state index contributed by atoms with van der Waals surface area (Å²) in [6, 6.07) is 14.5. The predicted octanol–water partition coefficient (Wildman–Crippen LogP) is 3.22. The van der Waals surface area contributed by atoms with Crippen LogP contribution >= 0.6 is 11.3 Å². The van der Waals surface area contributed by atoms with Gasteiger partial charge in [0.25, 0.3) is 0 Å². The standard InChI is InChI=1S/C16H21NOS/c1-2-16(13-18,11-14-7-4-3-5-8-14)17-12-15-9-6-10-19-15/h3-10,17-18H,2,11-13H2,1H3. The van der Waals surface area contributed by atoms with Gasteiger partial charge >= 0.3 is 0 Å². The van der Waals surface area contributed by atoms with Crippen LogP contribution in [0.2, 0.25) is 0 Å². The van der Waals surface area contributed by atoms with Gasteiger partial charge in [0.15, 0.2) is 0 Å². The molecule has 1 aromatic carbocycles. The molecule has 2 N–H and O–H groups in total. The van der Waals surface area contributed by atoms with Crippen molar-refractivity contribution in [1.29, 1.82) is 0 Å². The first-order chi connectivity index (χ1) is 9.28. The molecule has 2 aromatic rings. The van der Waals surface area contributed by atoms with E-state index in [2.05, 4.69) is 41.9 Å². The van der Waals surface area contributed by atoms with Gasteiger partial charge in [0.1, 0.15) is 0 Å². The Hall–Kier alpha value is -1.16. The minimum Gasteiger partial charge on any atom is -0.394 e. The van der Waals surface area contributed by atoms with Gasteiger partial charge in [0.05, 0.1) is 6.61 Å². The average Bonchev–Trinajstić information content (AvgIpc) is 2.98. The van der Waals surface area contributed by atoms with E-state index in [1.165, 1.54) is 10.4 Å². The summed E-state index contributed by atoms with van der Waals surface area (Å²) in [4.78, 5) is 1.30. The number of hydrogen-bond acceptors (Lipinski definition) is 3. The topological polar surface area (TPSA) is 32.3 Å². The van der Waals surface area contributed by atoms with Gasteiger partial charge in [-0.05, 0) is 29.9 Å². The minimum absolute atomic E-state index is 0.157. The maximum atomic E-state index is 9.81. The molecule has 0 aliphatic heterocycles. The number of nitrogens with one attached hydrogen (secondary N) is 1. The van der Waals surface area contributed by atoms with E-state index in [1.807, 2.05) is 18.2 Å². The number of rotatable bonds is 7. The molecular weight excluding hydrogens is 254 g/mol. The Morgan fingerprint density at radius 3 is 2.53 bits per heavy atom. The summed E-state index contributed by atoms with van der Waals surface area (Å²) in [6.07, 6.45) is 1.76. The summed E-state index contributed by atoms with van der Waals surface area (Å²) < 4.78 is 0. The van der Waals surface area contributed by atoms with Gasteiger partial charge in [-0.3, -0.25) is 0 Å². The fourth-order valence-electron chi connectivity index (χ4n) is 2.21. The quantitative estimate of drug-likeness (QED) is 0.813. The Labute approximate surface area is 119 Å². The first-order valence-corrected chi connectivity index (χ1v) is 7.58. The maximum absolute atomic E-state index is 9.81. The number of aliphatic hydroxyl groups is 1. The molecule has 19 heavy (non-hydrogen) atoms. The van der Waals surface area contributed by atoms with Crippen LogP contribution in [0.15, 0.2) is 47.8 Å². The molecule has 0 radical (unpaired) electrons. The van der Waals surface area contributed by atoms with Crippen molar-refractivity contribution in [1.82, 2.24) is 5.32 Å². The Bertz CT molecular complexity index is 463. The number of hydrogen-bond donors (Lipinski definition) is 2. The minimum atomic E-state index is -0.231. The summed E-state index contributed by atoms with van der Waals surface area (Å²) >= 11 is 1.75. The molecule has 102 valence electrons. The van der Waals surface area contributed by atoms with E-state index < -0.39 is 0 Å². The molecular formula is C16H21NOS. The third-order valence-corrected chi connectivity index (χ3v) is 4.46. The third kappa shape index (κ3) is 3.90. The van der Waals surface area contributed by atoms with Gasteiger partial charge in [0, 0.05) is 17.0 Å². The molecule has 2 nitrogen and oxygen atoms in total. The monoisotopic (exact) mass is 275 g/mol. The van der Waals surface area contributed by atoms with Crippen molar-refractivity contribution in [2.24, 2.45) is 0 Å². The lowest BCUT2D eigenvalue weighted by Gasteiger charge is -2.32. The molecule has 3 heteroatoms. The summed E-state index contributed by atoms with van der Waals surface area (Å²) in [5.74, 6) is 0. The molecule has 1 atom stereocenters. The second-order valence-electron chi connectivity index (χ2n) is 4.89. The van der Waals surface area contributed by atoms with Crippen molar-refractivity contribution < 1.29 is 5.11 Å². The average molecular weight is 275 g/mol. The largest absolute Gasteiger partial charge is 0.394 e. The molecule has 0 aliphatic rings. The Morgan fingerprint density at radius 1 is 1.16 bits per heavy atom. The van der Waals surface area contributed by atoms with E-state index >= 15 is 0 Å². The van der Waals surface area contributed by atoms with E-state index in [-0.39, 0.29) is 12.1 Å². The fraction of sp³-hybridized carbons (Fsp3) is 0.375. The third-order valence-electron chi connectivity index (χ3n) is 3.58. The van der Waals surface area contributed by atoms with Gasteiger partial charge < -0.3 is 10.4 Å². The Morgan fingerprint density at radius 2 is 1.95 bits per heavy atom. The molecule has 0 amide bonds. The van der Waals surface area contributed by atoms with Gasteiger partial charge in [-0.2, -0.15) is 0 Å². The van der Waals surface area contributed by atoms with Crippen molar-refractivity contribution in [2.75, 3.05) is 6.61 Å². The van der Waals surface area contributed by atoms with Crippen molar-refractivity contribution >= 4 is 11.3 Å². The summed E-state index contributed by atoms with van der Waals surface area (Å²) in [7, 11) is 0. The van der Waals surface area contributed by atoms with Crippen LogP contribution in [0, 0.1) is 0 Å². The van der Waals surface area contributed by atoms with E-state index in [1.54, 1.807) is 11.3 Å². The molecule has 0 spiro atoms. The predicted molar refractivity (Wildman–Crippen MR) is 81.4 cm³/mol. The zero-order valence-electron chi connectivity index (χ0n) is 11.3. The van der Waals surface area contributed by atoms with Crippen molar-refractivity contribution in [2.45, 2.75) is 31.8 Å². The maximum Gasteiger partial charge on any atom is 0.0616 e. The molecule has 0 saturated carbocycles. The van der Waals surface area contributed by atoms with Crippen LogP contribution in [-0.2, 0) is 13.0 Å². The lowest BCUT2D eigenvalue weighted by atomic mass is 9.89. The smallest absolute Gasteiger partial charge is 0.0616 e. The highest BCUT2D eigenvalue weighted by molar-refractivity contribution is 7.09. The molecule has 1 aromatic heterocycles. The molecule has 1 heterocycles. The van der Waals surface area contributed by atoms with Crippen LogP contribution in [0.5, 0.6) is 0 Å². The SMILES string of the molecule is CCC(CO)(Cc1ccccc1)NCc1cccs1. The first-order valence-electron chi connectivity index (χ1n) is 6.70. The molecule has 0 aliphatic carbocycles. The zero-order chi connectivity index (χ0) is 13.6. The second kappa shape index (κ2) is 6.85. The highest BCUT2D eigenvalue weighted by Crippen LogP contribution is 2.19. The molecule has 0 bridgehead atoms. The van der Waals surface area contributed by atoms with Crippen LogP contribution < -0.4 is 5.32 Å². The van der Waals surface area contributed by atoms with Crippen LogP contribution in [0.25, 0.3) is 0 Å². The van der Waals surface area contributed by atoms with E-state index in [9.17, 15) is 5.11 Å². The van der Waals surface area contributed by atoms with Gasteiger partial charge in [-0.25, -0.2) is 0 Å². The van der Waals surface area contributed by atoms with Crippen LogP contribution in [0.1, 0.15) is 23.8 Å². The number of aliphatic hydroxyl groups excluding tert-OH is 1. The normalized spacial score (nSPS) is 14.2. The first kappa shape index (κ1) is 14.3. The van der Waals surface area contributed by atoms with E-state index in [0.717, 1.165) is 19.4 Å². The number of thiophene rings is 1. The van der Waals surface area contributed by atoms with Crippen LogP contribution in [0.4, 0.5) is 0 Å². The lowest BCUT2D eigenvalue weighted by Crippen LogP contribution is -2.49. The van der Waals surface area contributed by atoms with Crippen LogP contribution in [-0.4, -0.2) is 17.3 Å².